The van der Waals surface area contributed by atoms with Crippen molar-refractivity contribution in [1.82, 2.24) is 23.9 Å². The summed E-state index contributed by atoms with van der Waals surface area (Å²) in [4.78, 5) is 27.3. The average Bonchev–Trinajstić information content (AvgIpc) is 2.86. The standard InChI is InChI=1S/C15H19N5O2S/c1-11(21)19-5-2-6-20(8-7-19)15(22)16-10-12-3-4-13-14(9-12)18-23-17-13/h3-4,9H,2,5-8,10H2,1H3,(H,16,22). The summed E-state index contributed by atoms with van der Waals surface area (Å²) in [6, 6.07) is 5.71. The molecule has 7 nitrogen and oxygen atoms in total. The predicted molar refractivity (Wildman–Crippen MR) is 88.1 cm³/mol. The number of carbonyl (C=O) groups excluding carboxylic acids is 2. The van der Waals surface area contributed by atoms with E-state index >= 15 is 0 Å². The van der Waals surface area contributed by atoms with Crippen molar-refractivity contribution in [2.75, 3.05) is 26.2 Å². The van der Waals surface area contributed by atoms with E-state index in [2.05, 4.69) is 14.1 Å². The van der Waals surface area contributed by atoms with Crippen LogP contribution in [0.4, 0.5) is 4.79 Å². The first-order valence-corrected chi connectivity index (χ1v) is 8.36. The lowest BCUT2D eigenvalue weighted by atomic mass is 10.2. The van der Waals surface area contributed by atoms with E-state index in [1.165, 1.54) is 11.7 Å². The number of rotatable bonds is 2. The van der Waals surface area contributed by atoms with E-state index in [0.717, 1.165) is 23.0 Å². The minimum absolute atomic E-state index is 0.0671. The van der Waals surface area contributed by atoms with Crippen LogP contribution in [0.15, 0.2) is 18.2 Å². The lowest BCUT2D eigenvalue weighted by Gasteiger charge is -2.21. The fraction of sp³-hybridized carbons (Fsp3) is 0.467. The van der Waals surface area contributed by atoms with Crippen molar-refractivity contribution in [3.63, 3.8) is 0 Å². The first-order chi connectivity index (χ1) is 11.1. The maximum atomic E-state index is 12.3. The van der Waals surface area contributed by atoms with Gasteiger partial charge in [-0.25, -0.2) is 4.79 Å². The summed E-state index contributed by atoms with van der Waals surface area (Å²) in [7, 11) is 0. The fourth-order valence-electron chi connectivity index (χ4n) is 2.66. The van der Waals surface area contributed by atoms with Crippen molar-refractivity contribution >= 4 is 34.7 Å². The molecule has 0 bridgehead atoms. The molecule has 0 radical (unpaired) electrons. The van der Waals surface area contributed by atoms with Crippen LogP contribution in [-0.2, 0) is 11.3 Å². The topological polar surface area (TPSA) is 78.4 Å². The van der Waals surface area contributed by atoms with Gasteiger partial charge in [0, 0.05) is 39.6 Å². The Kier molecular flexibility index (Phi) is 4.71. The van der Waals surface area contributed by atoms with E-state index in [0.29, 0.717) is 32.7 Å². The normalized spacial score (nSPS) is 15.5. The monoisotopic (exact) mass is 333 g/mol. The quantitative estimate of drug-likeness (QED) is 0.902. The number of aromatic nitrogens is 2. The zero-order valence-electron chi connectivity index (χ0n) is 13.0. The van der Waals surface area contributed by atoms with Gasteiger partial charge in [-0.15, -0.1) is 0 Å². The van der Waals surface area contributed by atoms with Gasteiger partial charge in [-0.05, 0) is 24.1 Å². The molecule has 23 heavy (non-hydrogen) atoms. The van der Waals surface area contributed by atoms with Crippen LogP contribution < -0.4 is 5.32 Å². The zero-order valence-corrected chi connectivity index (χ0v) is 13.8. The Balaban J connectivity index is 1.55. The summed E-state index contributed by atoms with van der Waals surface area (Å²) in [5, 5.41) is 2.94. The first-order valence-electron chi connectivity index (χ1n) is 7.63. The number of fused-ring (bicyclic) bond motifs is 1. The van der Waals surface area contributed by atoms with Crippen molar-refractivity contribution in [1.29, 1.82) is 0 Å². The highest BCUT2D eigenvalue weighted by atomic mass is 32.1. The molecule has 1 fully saturated rings. The van der Waals surface area contributed by atoms with Gasteiger partial charge in [0.15, 0.2) is 0 Å². The number of nitrogens with one attached hydrogen (secondary N) is 1. The van der Waals surface area contributed by atoms with Crippen molar-refractivity contribution in [2.24, 2.45) is 0 Å². The molecule has 1 aliphatic heterocycles. The molecule has 1 N–H and O–H groups in total. The summed E-state index contributed by atoms with van der Waals surface area (Å²) in [5.41, 5.74) is 2.73. The molecule has 0 unspecified atom stereocenters. The Morgan fingerprint density at radius 3 is 2.70 bits per heavy atom. The van der Waals surface area contributed by atoms with Crippen molar-refractivity contribution in [3.8, 4) is 0 Å². The van der Waals surface area contributed by atoms with Crippen LogP contribution in [0.2, 0.25) is 0 Å². The lowest BCUT2D eigenvalue weighted by molar-refractivity contribution is -0.128. The molecule has 1 aromatic heterocycles. The van der Waals surface area contributed by atoms with Crippen LogP contribution in [0.3, 0.4) is 0 Å². The van der Waals surface area contributed by atoms with Gasteiger partial charge in [0.2, 0.25) is 5.91 Å². The summed E-state index contributed by atoms with van der Waals surface area (Å²) in [5.74, 6) is 0.0671. The summed E-state index contributed by atoms with van der Waals surface area (Å²) < 4.78 is 8.37. The number of urea groups is 1. The molecule has 0 atom stereocenters. The van der Waals surface area contributed by atoms with Crippen LogP contribution in [0.1, 0.15) is 18.9 Å². The predicted octanol–water partition coefficient (Wildman–Crippen LogP) is 1.46. The Morgan fingerprint density at radius 1 is 1.13 bits per heavy atom. The van der Waals surface area contributed by atoms with Crippen LogP contribution in [-0.4, -0.2) is 56.7 Å². The molecule has 2 heterocycles. The molecule has 3 rings (SSSR count). The fourth-order valence-corrected chi connectivity index (χ4v) is 3.18. The molecule has 0 aliphatic carbocycles. The maximum Gasteiger partial charge on any atom is 0.317 e. The molecule has 8 heteroatoms. The zero-order chi connectivity index (χ0) is 16.2. The Hall–Kier alpha value is -2.22. The summed E-state index contributed by atoms with van der Waals surface area (Å²) >= 11 is 1.19. The number of benzene rings is 1. The van der Waals surface area contributed by atoms with Crippen LogP contribution in [0.5, 0.6) is 0 Å². The molecule has 1 saturated heterocycles. The highest BCUT2D eigenvalue weighted by Crippen LogP contribution is 2.13. The van der Waals surface area contributed by atoms with Gasteiger partial charge in [-0.3, -0.25) is 4.79 Å². The second kappa shape index (κ2) is 6.91. The van der Waals surface area contributed by atoms with E-state index in [9.17, 15) is 9.59 Å². The van der Waals surface area contributed by atoms with Gasteiger partial charge in [0.25, 0.3) is 0 Å². The molecule has 3 amide bonds. The maximum absolute atomic E-state index is 12.3. The molecule has 1 aliphatic rings. The number of carbonyl (C=O) groups is 2. The van der Waals surface area contributed by atoms with Gasteiger partial charge in [0.05, 0.1) is 11.7 Å². The minimum atomic E-state index is -0.0908. The van der Waals surface area contributed by atoms with E-state index in [1.54, 1.807) is 16.7 Å². The number of amides is 3. The highest BCUT2D eigenvalue weighted by molar-refractivity contribution is 7.00. The number of nitrogens with zero attached hydrogens (tertiary/aromatic N) is 4. The summed E-state index contributed by atoms with van der Waals surface area (Å²) in [6.07, 6.45) is 0.809. The third kappa shape index (κ3) is 3.76. The highest BCUT2D eigenvalue weighted by Gasteiger charge is 2.19. The van der Waals surface area contributed by atoms with E-state index in [1.807, 2.05) is 18.2 Å². The Bertz CT molecular complexity index is 717. The number of hydrogen-bond acceptors (Lipinski definition) is 5. The Morgan fingerprint density at radius 2 is 1.87 bits per heavy atom. The molecule has 1 aromatic carbocycles. The lowest BCUT2D eigenvalue weighted by Crippen LogP contribution is -2.42. The summed E-state index contributed by atoms with van der Waals surface area (Å²) in [6.45, 7) is 4.58. The van der Waals surface area contributed by atoms with Crippen LogP contribution in [0, 0.1) is 0 Å². The van der Waals surface area contributed by atoms with Crippen molar-refractivity contribution in [2.45, 2.75) is 19.9 Å². The third-order valence-electron chi connectivity index (χ3n) is 3.99. The molecule has 0 saturated carbocycles. The molecule has 0 spiro atoms. The minimum Gasteiger partial charge on any atom is -0.341 e. The molecular formula is C15H19N5O2S. The van der Waals surface area contributed by atoms with Crippen LogP contribution >= 0.6 is 11.7 Å². The largest absolute Gasteiger partial charge is 0.341 e. The van der Waals surface area contributed by atoms with Gasteiger partial charge >= 0.3 is 6.03 Å². The van der Waals surface area contributed by atoms with Gasteiger partial charge in [0.1, 0.15) is 11.0 Å². The first kappa shape index (κ1) is 15.7. The average molecular weight is 333 g/mol. The SMILES string of the molecule is CC(=O)N1CCCN(C(=O)NCc2ccc3nsnc3c2)CC1. The van der Waals surface area contributed by atoms with Crippen molar-refractivity contribution < 1.29 is 9.59 Å². The van der Waals surface area contributed by atoms with E-state index in [-0.39, 0.29) is 11.9 Å². The van der Waals surface area contributed by atoms with Crippen molar-refractivity contribution in [3.05, 3.63) is 23.8 Å². The van der Waals surface area contributed by atoms with Gasteiger partial charge in [-0.1, -0.05) is 6.07 Å². The molecule has 2 aromatic rings. The van der Waals surface area contributed by atoms with Gasteiger partial charge < -0.3 is 15.1 Å². The molecule has 122 valence electrons. The van der Waals surface area contributed by atoms with E-state index in [4.69, 9.17) is 0 Å². The third-order valence-corrected chi connectivity index (χ3v) is 4.55. The second-order valence-electron chi connectivity index (χ2n) is 5.59. The van der Waals surface area contributed by atoms with Gasteiger partial charge in [-0.2, -0.15) is 8.75 Å². The van der Waals surface area contributed by atoms with Crippen LogP contribution in [0.25, 0.3) is 11.0 Å². The second-order valence-corrected chi connectivity index (χ2v) is 6.12. The number of hydrogen-bond donors (Lipinski definition) is 1. The smallest absolute Gasteiger partial charge is 0.317 e. The molecular weight excluding hydrogens is 314 g/mol. The Labute approximate surface area is 138 Å². The van der Waals surface area contributed by atoms with E-state index < -0.39 is 0 Å².